The summed E-state index contributed by atoms with van der Waals surface area (Å²) in [6.07, 6.45) is 1.11. The average molecular weight is 369 g/mol. The summed E-state index contributed by atoms with van der Waals surface area (Å²) in [6.45, 7) is 6.26. The molecule has 1 atom stereocenters. The first kappa shape index (κ1) is 19.5. The second kappa shape index (κ2) is 7.61. The number of likely N-dealkylation sites (N-methyl/N-ethyl adjacent to an activating group) is 1. The largest absolute Gasteiger partial charge is 0.495 e. The summed E-state index contributed by atoms with van der Waals surface area (Å²) in [5, 5.41) is 0. The first-order chi connectivity index (χ1) is 11.6. The van der Waals surface area contributed by atoms with Gasteiger partial charge in [0.05, 0.1) is 19.1 Å². The van der Waals surface area contributed by atoms with Crippen LogP contribution >= 0.6 is 0 Å². The summed E-state index contributed by atoms with van der Waals surface area (Å²) in [6, 6.07) is 4.45. The van der Waals surface area contributed by atoms with Crippen molar-refractivity contribution in [2.45, 2.75) is 19.9 Å². The Hall–Kier alpha value is -1.80. The maximum Gasteiger partial charge on any atom is 0.246 e. The van der Waals surface area contributed by atoms with E-state index in [-0.39, 0.29) is 5.91 Å². The van der Waals surface area contributed by atoms with Crippen molar-refractivity contribution in [3.8, 4) is 5.75 Å². The summed E-state index contributed by atoms with van der Waals surface area (Å²) in [5.41, 5.74) is 1.28. The third kappa shape index (κ3) is 4.43. The maximum atomic E-state index is 12.9. The highest BCUT2D eigenvalue weighted by Gasteiger charge is 2.34. The quantitative estimate of drug-likeness (QED) is 0.772. The number of piperazine rings is 1. The number of sulfonamides is 1. The molecule has 1 heterocycles. The molecule has 0 aromatic heterocycles. The molecular weight excluding hydrogens is 342 g/mol. The van der Waals surface area contributed by atoms with Crippen molar-refractivity contribution < 1.29 is 17.9 Å². The molecule has 1 aliphatic heterocycles. The normalized spacial score (nSPS) is 17.2. The molecule has 0 aliphatic carbocycles. The van der Waals surface area contributed by atoms with E-state index in [4.69, 9.17) is 4.74 Å². The lowest BCUT2D eigenvalue weighted by Gasteiger charge is -2.37. The van der Waals surface area contributed by atoms with Crippen molar-refractivity contribution in [1.29, 1.82) is 0 Å². The molecular formula is C17H27N3O4S. The van der Waals surface area contributed by atoms with Crippen LogP contribution in [0.4, 0.5) is 5.69 Å². The van der Waals surface area contributed by atoms with E-state index in [0.29, 0.717) is 24.5 Å². The third-order valence-corrected chi connectivity index (χ3v) is 5.68. The van der Waals surface area contributed by atoms with Gasteiger partial charge in [0.25, 0.3) is 0 Å². The first-order valence-electron chi connectivity index (χ1n) is 8.26. The third-order valence-electron chi connectivity index (χ3n) is 4.45. The zero-order valence-electron chi connectivity index (χ0n) is 15.5. The van der Waals surface area contributed by atoms with Crippen molar-refractivity contribution >= 4 is 21.6 Å². The molecule has 1 amide bonds. The van der Waals surface area contributed by atoms with E-state index < -0.39 is 16.1 Å². The van der Waals surface area contributed by atoms with Crippen LogP contribution in [0, 0.1) is 6.92 Å². The number of hydrogen-bond acceptors (Lipinski definition) is 5. The van der Waals surface area contributed by atoms with Crippen molar-refractivity contribution in [3.63, 3.8) is 0 Å². The Morgan fingerprint density at radius 1 is 1.24 bits per heavy atom. The Morgan fingerprint density at radius 3 is 2.36 bits per heavy atom. The lowest BCUT2D eigenvalue weighted by molar-refractivity contribution is -0.133. The van der Waals surface area contributed by atoms with Gasteiger partial charge in [-0.2, -0.15) is 0 Å². The number of carbonyl (C=O) groups is 1. The van der Waals surface area contributed by atoms with Crippen molar-refractivity contribution in [3.05, 3.63) is 23.8 Å². The molecule has 1 saturated heterocycles. The highest BCUT2D eigenvalue weighted by atomic mass is 32.2. The van der Waals surface area contributed by atoms with Gasteiger partial charge in [0.15, 0.2) is 0 Å². The van der Waals surface area contributed by atoms with Crippen LogP contribution in [-0.4, -0.2) is 76.8 Å². The number of nitrogens with zero attached hydrogens (tertiary/aromatic N) is 3. The van der Waals surface area contributed by atoms with E-state index in [0.717, 1.165) is 24.9 Å². The Bertz CT molecular complexity index is 727. The first-order valence-corrected chi connectivity index (χ1v) is 10.1. The molecule has 0 saturated carbocycles. The molecule has 2 rings (SSSR count). The number of ether oxygens (including phenoxy) is 1. The number of anilines is 1. The van der Waals surface area contributed by atoms with Gasteiger partial charge in [0, 0.05) is 26.2 Å². The van der Waals surface area contributed by atoms with E-state index >= 15 is 0 Å². The van der Waals surface area contributed by atoms with Crippen LogP contribution in [0.2, 0.25) is 0 Å². The van der Waals surface area contributed by atoms with Crippen LogP contribution in [0.25, 0.3) is 0 Å². The molecule has 1 fully saturated rings. The molecule has 0 radical (unpaired) electrons. The lowest BCUT2D eigenvalue weighted by atomic mass is 10.1. The van der Waals surface area contributed by atoms with Crippen molar-refractivity contribution in [2.75, 3.05) is 50.9 Å². The van der Waals surface area contributed by atoms with Gasteiger partial charge in [-0.3, -0.25) is 9.10 Å². The zero-order valence-corrected chi connectivity index (χ0v) is 16.3. The standard InChI is InChI=1S/C17H27N3O4S/c1-13-6-7-16(24-4)15(12-13)20(25(5,22)23)14(2)17(21)19-10-8-18(3)9-11-19/h6-7,12,14H,8-11H2,1-5H3. The van der Waals surface area contributed by atoms with Crippen LogP contribution in [0.1, 0.15) is 12.5 Å². The average Bonchev–Trinajstić information content (AvgIpc) is 2.54. The second-order valence-electron chi connectivity index (χ2n) is 6.54. The molecule has 140 valence electrons. The van der Waals surface area contributed by atoms with Gasteiger partial charge in [-0.05, 0) is 38.6 Å². The highest BCUT2D eigenvalue weighted by Crippen LogP contribution is 2.33. The van der Waals surface area contributed by atoms with Crippen molar-refractivity contribution in [2.24, 2.45) is 0 Å². The van der Waals surface area contributed by atoms with E-state index in [2.05, 4.69) is 4.90 Å². The summed E-state index contributed by atoms with van der Waals surface area (Å²) in [5.74, 6) is 0.233. The van der Waals surface area contributed by atoms with Crippen LogP contribution in [0.3, 0.4) is 0 Å². The SMILES string of the molecule is COc1ccc(C)cc1N(C(C)C(=O)N1CCN(C)CC1)S(C)(=O)=O. The summed E-state index contributed by atoms with van der Waals surface area (Å²) >= 11 is 0. The van der Waals surface area contributed by atoms with E-state index in [1.54, 1.807) is 24.0 Å². The molecule has 1 aromatic rings. The zero-order chi connectivity index (χ0) is 18.8. The molecule has 8 heteroatoms. The minimum Gasteiger partial charge on any atom is -0.495 e. The van der Waals surface area contributed by atoms with E-state index in [1.807, 2.05) is 20.0 Å². The Kier molecular flexibility index (Phi) is 5.95. The van der Waals surface area contributed by atoms with Crippen LogP contribution in [0.5, 0.6) is 5.75 Å². The monoisotopic (exact) mass is 369 g/mol. The molecule has 25 heavy (non-hydrogen) atoms. The second-order valence-corrected chi connectivity index (χ2v) is 8.40. The van der Waals surface area contributed by atoms with Crippen LogP contribution in [0.15, 0.2) is 18.2 Å². The van der Waals surface area contributed by atoms with Crippen LogP contribution in [-0.2, 0) is 14.8 Å². The fraction of sp³-hybridized carbons (Fsp3) is 0.588. The Morgan fingerprint density at radius 2 is 1.84 bits per heavy atom. The molecule has 0 bridgehead atoms. The van der Waals surface area contributed by atoms with E-state index in [1.165, 1.54) is 11.4 Å². The number of methoxy groups -OCH3 is 1. The predicted molar refractivity (Wildman–Crippen MR) is 98.6 cm³/mol. The van der Waals surface area contributed by atoms with Crippen molar-refractivity contribution in [1.82, 2.24) is 9.80 Å². The fourth-order valence-corrected chi connectivity index (χ4v) is 4.20. The summed E-state index contributed by atoms with van der Waals surface area (Å²) < 4.78 is 31.5. The minimum atomic E-state index is -3.67. The van der Waals surface area contributed by atoms with Crippen LogP contribution < -0.4 is 9.04 Å². The predicted octanol–water partition coefficient (Wildman–Crippen LogP) is 0.932. The molecule has 7 nitrogen and oxygen atoms in total. The molecule has 1 unspecified atom stereocenters. The summed E-state index contributed by atoms with van der Waals surface area (Å²) in [7, 11) is -0.172. The number of rotatable bonds is 5. The van der Waals surface area contributed by atoms with Gasteiger partial charge in [-0.25, -0.2) is 8.42 Å². The number of carbonyl (C=O) groups excluding carboxylic acids is 1. The molecule has 1 aromatic carbocycles. The molecule has 1 aliphatic rings. The number of hydrogen-bond donors (Lipinski definition) is 0. The fourth-order valence-electron chi connectivity index (χ4n) is 3.04. The smallest absolute Gasteiger partial charge is 0.246 e. The molecule has 0 spiro atoms. The Labute approximate surface area is 150 Å². The highest BCUT2D eigenvalue weighted by molar-refractivity contribution is 7.92. The molecule has 0 N–H and O–H groups in total. The van der Waals surface area contributed by atoms with Gasteiger partial charge in [-0.15, -0.1) is 0 Å². The van der Waals surface area contributed by atoms with Gasteiger partial charge < -0.3 is 14.5 Å². The van der Waals surface area contributed by atoms with E-state index in [9.17, 15) is 13.2 Å². The summed E-state index contributed by atoms with van der Waals surface area (Å²) in [4.78, 5) is 16.8. The maximum absolute atomic E-state index is 12.9. The topological polar surface area (TPSA) is 70.2 Å². The minimum absolute atomic E-state index is 0.193. The lowest BCUT2D eigenvalue weighted by Crippen LogP contribution is -2.54. The Balaban J connectivity index is 2.38. The van der Waals surface area contributed by atoms with Gasteiger partial charge in [0.1, 0.15) is 11.8 Å². The van der Waals surface area contributed by atoms with Gasteiger partial charge >= 0.3 is 0 Å². The number of amides is 1. The number of benzene rings is 1. The number of aryl methyl sites for hydroxylation is 1. The van der Waals surface area contributed by atoms with Gasteiger partial charge in [0.2, 0.25) is 15.9 Å². The van der Waals surface area contributed by atoms with Gasteiger partial charge in [-0.1, -0.05) is 6.07 Å².